The van der Waals surface area contributed by atoms with Gasteiger partial charge in [0.1, 0.15) is 11.4 Å². The Bertz CT molecular complexity index is 1300. The number of halogens is 1. The molecular weight excluding hydrogens is 409 g/mol. The third kappa shape index (κ3) is 3.43. The third-order valence-corrected chi connectivity index (χ3v) is 6.59. The van der Waals surface area contributed by atoms with Gasteiger partial charge in [0.05, 0.1) is 22.9 Å². The predicted molar refractivity (Wildman–Crippen MR) is 119 cm³/mol. The first-order valence-electron chi connectivity index (χ1n) is 10.9. The van der Waals surface area contributed by atoms with Crippen LogP contribution in [0.5, 0.6) is 0 Å². The summed E-state index contributed by atoms with van der Waals surface area (Å²) in [6.45, 7) is 5.37. The minimum absolute atomic E-state index is 0.0154. The molecule has 1 saturated carbocycles. The Morgan fingerprint density at radius 1 is 1.19 bits per heavy atom. The van der Waals surface area contributed by atoms with Crippen molar-refractivity contribution in [3.63, 3.8) is 0 Å². The zero-order valence-corrected chi connectivity index (χ0v) is 18.7. The molecular formula is C24H26FN5O2. The van der Waals surface area contributed by atoms with Gasteiger partial charge in [-0.1, -0.05) is 5.16 Å². The zero-order valence-electron chi connectivity index (χ0n) is 18.7. The van der Waals surface area contributed by atoms with Gasteiger partial charge in [0.25, 0.3) is 0 Å². The number of carbonyl (C=O) groups excluding carboxylic acids is 1. The lowest BCUT2D eigenvalue weighted by Gasteiger charge is -2.30. The summed E-state index contributed by atoms with van der Waals surface area (Å²) in [7, 11) is 1.85. The quantitative estimate of drug-likeness (QED) is 0.438. The van der Waals surface area contributed by atoms with E-state index in [1.807, 2.05) is 39.4 Å². The van der Waals surface area contributed by atoms with Gasteiger partial charge in [-0.15, -0.1) is 0 Å². The van der Waals surface area contributed by atoms with Gasteiger partial charge in [0.2, 0.25) is 5.91 Å². The van der Waals surface area contributed by atoms with E-state index in [0.29, 0.717) is 31.4 Å². The van der Waals surface area contributed by atoms with E-state index in [9.17, 15) is 9.18 Å². The molecule has 4 heterocycles. The van der Waals surface area contributed by atoms with Gasteiger partial charge >= 0.3 is 0 Å². The van der Waals surface area contributed by atoms with E-state index < -0.39 is 5.67 Å². The molecule has 0 saturated heterocycles. The number of rotatable bonds is 3. The number of hydrogen-bond acceptors (Lipinski definition) is 5. The van der Waals surface area contributed by atoms with Crippen LogP contribution in [0.2, 0.25) is 0 Å². The molecule has 4 aromatic rings. The summed E-state index contributed by atoms with van der Waals surface area (Å²) >= 11 is 0. The molecule has 0 unspecified atom stereocenters. The van der Waals surface area contributed by atoms with Crippen molar-refractivity contribution in [1.82, 2.24) is 24.5 Å². The number of alkyl halides is 1. The molecule has 1 aliphatic carbocycles. The summed E-state index contributed by atoms with van der Waals surface area (Å²) in [5, 5.41) is 8.32. The van der Waals surface area contributed by atoms with Crippen LogP contribution in [0.3, 0.4) is 0 Å². The van der Waals surface area contributed by atoms with Crippen molar-refractivity contribution < 1.29 is 13.7 Å². The molecule has 1 aliphatic rings. The van der Waals surface area contributed by atoms with Gasteiger partial charge in [-0.3, -0.25) is 19.0 Å². The Labute approximate surface area is 185 Å². The van der Waals surface area contributed by atoms with Gasteiger partial charge < -0.3 is 4.52 Å². The molecule has 7 nitrogen and oxygen atoms in total. The van der Waals surface area contributed by atoms with Crippen LogP contribution < -0.4 is 0 Å². The fourth-order valence-corrected chi connectivity index (χ4v) is 4.75. The van der Waals surface area contributed by atoms with E-state index in [0.717, 1.165) is 39.0 Å². The number of nitrogens with zero attached hydrogens (tertiary/aromatic N) is 5. The lowest BCUT2D eigenvalue weighted by Crippen LogP contribution is -2.31. The molecule has 0 amide bonds. The Hall–Kier alpha value is -3.29. The summed E-state index contributed by atoms with van der Waals surface area (Å²) in [4.78, 5) is 18.3. The Morgan fingerprint density at radius 3 is 2.56 bits per heavy atom. The molecule has 0 radical (unpaired) electrons. The van der Waals surface area contributed by atoms with Crippen LogP contribution in [0.25, 0.3) is 33.3 Å². The van der Waals surface area contributed by atoms with Gasteiger partial charge in [0, 0.05) is 53.8 Å². The van der Waals surface area contributed by atoms with Gasteiger partial charge in [-0.2, -0.15) is 5.10 Å². The first-order valence-corrected chi connectivity index (χ1v) is 10.9. The van der Waals surface area contributed by atoms with E-state index in [1.165, 1.54) is 0 Å². The van der Waals surface area contributed by atoms with Crippen LogP contribution in [0.4, 0.5) is 4.39 Å². The summed E-state index contributed by atoms with van der Waals surface area (Å²) in [6.07, 6.45) is 9.21. The van der Waals surface area contributed by atoms with Crippen LogP contribution in [0.15, 0.2) is 35.4 Å². The molecule has 0 N–H and O–H groups in total. The Morgan fingerprint density at radius 2 is 1.94 bits per heavy atom. The first kappa shape index (κ1) is 20.6. The van der Waals surface area contributed by atoms with Gasteiger partial charge in [0.15, 0.2) is 0 Å². The highest BCUT2D eigenvalue weighted by Gasteiger charge is 2.35. The molecule has 4 aromatic heterocycles. The van der Waals surface area contributed by atoms with E-state index in [1.54, 1.807) is 28.6 Å². The van der Waals surface area contributed by atoms with Crippen molar-refractivity contribution >= 4 is 16.9 Å². The van der Waals surface area contributed by atoms with E-state index in [-0.39, 0.29) is 11.8 Å². The Kier molecular flexibility index (Phi) is 4.76. The van der Waals surface area contributed by atoms with Crippen LogP contribution in [0, 0.1) is 19.8 Å². The second-order valence-corrected chi connectivity index (χ2v) is 9.13. The molecule has 0 spiro atoms. The van der Waals surface area contributed by atoms with Crippen molar-refractivity contribution in [2.75, 3.05) is 0 Å². The summed E-state index contributed by atoms with van der Waals surface area (Å²) in [6, 6.07) is 1.97. The fourth-order valence-electron chi connectivity index (χ4n) is 4.75. The lowest BCUT2D eigenvalue weighted by atomic mass is 9.80. The highest BCUT2D eigenvalue weighted by Crippen LogP contribution is 2.38. The average molecular weight is 436 g/mol. The molecule has 0 bridgehead atoms. The van der Waals surface area contributed by atoms with Crippen LogP contribution in [-0.4, -0.2) is 36.1 Å². The largest absolute Gasteiger partial charge is 0.361 e. The standard InChI is InChI=1S/C24H26FN5O2/c1-14-21(15(2)32-28-14)17-9-20-22(26-10-17)19(18-11-27-29(4)12-18)13-30(20)23(31)16-5-7-24(3,25)8-6-16/h9-13,16H,5-8H2,1-4H3. The highest BCUT2D eigenvalue weighted by atomic mass is 19.1. The number of hydrogen-bond donors (Lipinski definition) is 0. The van der Waals surface area contributed by atoms with Crippen molar-refractivity contribution in [3.8, 4) is 22.3 Å². The summed E-state index contributed by atoms with van der Waals surface area (Å²) in [5.41, 5.74) is 4.50. The minimum Gasteiger partial charge on any atom is -0.361 e. The van der Waals surface area contributed by atoms with Gasteiger partial charge in [-0.05, 0) is 52.5 Å². The molecule has 1 fully saturated rings. The van der Waals surface area contributed by atoms with E-state index >= 15 is 0 Å². The van der Waals surface area contributed by atoms with Crippen LogP contribution in [0.1, 0.15) is 48.9 Å². The SMILES string of the molecule is Cc1noc(C)c1-c1cnc2c(-c3cnn(C)c3)cn(C(=O)C3CCC(C)(F)CC3)c2c1. The number of aromatic nitrogens is 5. The second kappa shape index (κ2) is 7.39. The average Bonchev–Trinajstić information content (AvgIpc) is 3.44. The lowest BCUT2D eigenvalue weighted by molar-refractivity contribution is 0.0663. The fraction of sp³-hybridized carbons (Fsp3) is 0.417. The third-order valence-electron chi connectivity index (χ3n) is 6.59. The van der Waals surface area contributed by atoms with Crippen molar-refractivity contribution in [1.29, 1.82) is 0 Å². The molecule has 0 aliphatic heterocycles. The monoisotopic (exact) mass is 435 g/mol. The molecule has 166 valence electrons. The molecule has 32 heavy (non-hydrogen) atoms. The minimum atomic E-state index is -1.19. The van der Waals surface area contributed by atoms with Crippen LogP contribution >= 0.6 is 0 Å². The molecule has 8 heteroatoms. The van der Waals surface area contributed by atoms with Crippen molar-refractivity contribution in [2.45, 2.75) is 52.1 Å². The van der Waals surface area contributed by atoms with E-state index in [4.69, 9.17) is 9.51 Å². The van der Waals surface area contributed by atoms with Crippen LogP contribution in [-0.2, 0) is 7.05 Å². The normalized spacial score (nSPS) is 21.3. The summed E-state index contributed by atoms with van der Waals surface area (Å²) < 4.78 is 23.1. The number of carbonyl (C=O) groups is 1. The molecule has 5 rings (SSSR count). The smallest absolute Gasteiger partial charge is 0.234 e. The summed E-state index contributed by atoms with van der Waals surface area (Å²) in [5.74, 6) is 0.479. The predicted octanol–water partition coefficient (Wildman–Crippen LogP) is 5.27. The first-order chi connectivity index (χ1) is 15.2. The topological polar surface area (TPSA) is 78.7 Å². The Balaban J connectivity index is 1.65. The number of aryl methyl sites for hydroxylation is 3. The van der Waals surface area contributed by atoms with Gasteiger partial charge in [-0.25, -0.2) is 4.39 Å². The number of fused-ring (bicyclic) bond motifs is 1. The maximum atomic E-state index is 14.3. The number of pyridine rings is 1. The van der Waals surface area contributed by atoms with Crippen molar-refractivity contribution in [3.05, 3.63) is 42.3 Å². The highest BCUT2D eigenvalue weighted by molar-refractivity contribution is 6.01. The molecule has 0 aromatic carbocycles. The van der Waals surface area contributed by atoms with Crippen molar-refractivity contribution in [2.24, 2.45) is 13.0 Å². The second-order valence-electron chi connectivity index (χ2n) is 9.13. The zero-order chi connectivity index (χ0) is 22.6. The molecule has 0 atom stereocenters. The van der Waals surface area contributed by atoms with E-state index in [2.05, 4.69) is 10.3 Å². The maximum Gasteiger partial charge on any atom is 0.234 e. The maximum absolute atomic E-state index is 14.3.